The Morgan fingerprint density at radius 1 is 1.29 bits per heavy atom. The fourth-order valence-electron chi connectivity index (χ4n) is 2.87. The van der Waals surface area contributed by atoms with Crippen molar-refractivity contribution in [3.63, 3.8) is 0 Å². The van der Waals surface area contributed by atoms with Gasteiger partial charge in [-0.15, -0.1) is 0 Å². The van der Waals surface area contributed by atoms with Crippen LogP contribution in [0.5, 0.6) is 0 Å². The Hall–Kier alpha value is -2.36. The van der Waals surface area contributed by atoms with Crippen LogP contribution < -0.4 is 10.6 Å². The second-order valence-electron chi connectivity index (χ2n) is 5.63. The first-order valence-corrected chi connectivity index (χ1v) is 7.24. The molecule has 2 aromatic rings. The summed E-state index contributed by atoms with van der Waals surface area (Å²) < 4.78 is 0. The maximum Gasteiger partial charge on any atom is 0.144 e. The molecule has 0 atom stereocenters. The standard InChI is InChI=1S/C17H20N4/c1-11-5-3-7-13(9-11)21(2)17-14(16(18)19)10-12-6-4-8-15(12)20-17/h3,5,7,9-10H,4,6,8H2,1-2H3,(H3,18,19). The summed E-state index contributed by atoms with van der Waals surface area (Å²) in [6.07, 6.45) is 3.19. The summed E-state index contributed by atoms with van der Waals surface area (Å²) in [6.45, 7) is 2.07. The lowest BCUT2D eigenvalue weighted by Gasteiger charge is -2.22. The van der Waals surface area contributed by atoms with Crippen LogP contribution in [0.3, 0.4) is 0 Å². The van der Waals surface area contributed by atoms with Crippen molar-refractivity contribution in [1.82, 2.24) is 4.98 Å². The minimum absolute atomic E-state index is 0.0757. The zero-order valence-corrected chi connectivity index (χ0v) is 12.5. The summed E-state index contributed by atoms with van der Waals surface area (Å²) in [4.78, 5) is 6.80. The summed E-state index contributed by atoms with van der Waals surface area (Å²) in [6, 6.07) is 10.3. The second-order valence-corrected chi connectivity index (χ2v) is 5.63. The topological polar surface area (TPSA) is 66.0 Å². The lowest BCUT2D eigenvalue weighted by atomic mass is 10.1. The fraction of sp³-hybridized carbons (Fsp3) is 0.294. The third kappa shape index (κ3) is 2.49. The smallest absolute Gasteiger partial charge is 0.144 e. The van der Waals surface area contributed by atoms with E-state index in [9.17, 15) is 0 Å². The Morgan fingerprint density at radius 2 is 2.10 bits per heavy atom. The Balaban J connectivity index is 2.10. The number of hydrogen-bond acceptors (Lipinski definition) is 3. The molecule has 0 bridgehead atoms. The van der Waals surface area contributed by atoms with Crippen molar-refractivity contribution >= 4 is 17.3 Å². The van der Waals surface area contributed by atoms with Crippen LogP contribution in [0.25, 0.3) is 0 Å². The Labute approximate surface area is 125 Å². The number of anilines is 2. The summed E-state index contributed by atoms with van der Waals surface area (Å²) in [5.74, 6) is 0.848. The molecule has 3 N–H and O–H groups in total. The molecule has 4 heteroatoms. The van der Waals surface area contributed by atoms with E-state index in [1.165, 1.54) is 11.1 Å². The first-order valence-electron chi connectivity index (χ1n) is 7.24. The summed E-state index contributed by atoms with van der Waals surface area (Å²) in [7, 11) is 1.98. The van der Waals surface area contributed by atoms with Crippen LogP contribution in [0, 0.1) is 12.3 Å². The Bertz CT molecular complexity index is 706. The maximum atomic E-state index is 7.85. The van der Waals surface area contributed by atoms with Crippen molar-refractivity contribution in [2.24, 2.45) is 5.73 Å². The fourth-order valence-corrected chi connectivity index (χ4v) is 2.87. The van der Waals surface area contributed by atoms with E-state index in [-0.39, 0.29) is 5.84 Å². The molecule has 4 nitrogen and oxygen atoms in total. The molecule has 0 saturated carbocycles. The van der Waals surface area contributed by atoms with Gasteiger partial charge < -0.3 is 10.6 Å². The predicted octanol–water partition coefficient (Wildman–Crippen LogP) is 2.93. The number of fused-ring (bicyclic) bond motifs is 1. The highest BCUT2D eigenvalue weighted by Crippen LogP contribution is 2.30. The van der Waals surface area contributed by atoms with Crippen LogP contribution in [-0.4, -0.2) is 17.9 Å². The molecule has 1 aliphatic rings. The van der Waals surface area contributed by atoms with Gasteiger partial charge in [-0.1, -0.05) is 12.1 Å². The molecule has 3 rings (SSSR count). The number of aryl methyl sites for hydroxylation is 3. The van der Waals surface area contributed by atoms with Gasteiger partial charge in [0.15, 0.2) is 0 Å². The molecule has 108 valence electrons. The quantitative estimate of drug-likeness (QED) is 0.671. The number of nitrogens with zero attached hydrogens (tertiary/aromatic N) is 2. The van der Waals surface area contributed by atoms with Crippen LogP contribution in [0.2, 0.25) is 0 Å². The van der Waals surface area contributed by atoms with E-state index < -0.39 is 0 Å². The number of amidine groups is 1. The average molecular weight is 280 g/mol. The summed E-state index contributed by atoms with van der Waals surface area (Å²) >= 11 is 0. The molecule has 0 unspecified atom stereocenters. The minimum Gasteiger partial charge on any atom is -0.384 e. The van der Waals surface area contributed by atoms with E-state index in [1.54, 1.807) is 0 Å². The van der Waals surface area contributed by atoms with Crippen LogP contribution >= 0.6 is 0 Å². The highest BCUT2D eigenvalue weighted by atomic mass is 15.2. The zero-order valence-electron chi connectivity index (χ0n) is 12.5. The number of nitrogen functional groups attached to an aromatic ring is 1. The highest BCUT2D eigenvalue weighted by molar-refractivity contribution is 6.00. The van der Waals surface area contributed by atoms with E-state index in [2.05, 4.69) is 19.1 Å². The molecule has 1 aromatic carbocycles. The van der Waals surface area contributed by atoms with Gasteiger partial charge >= 0.3 is 0 Å². The van der Waals surface area contributed by atoms with Crippen molar-refractivity contribution in [1.29, 1.82) is 5.41 Å². The molecule has 1 heterocycles. The van der Waals surface area contributed by atoms with Crippen molar-refractivity contribution in [2.75, 3.05) is 11.9 Å². The molecule has 21 heavy (non-hydrogen) atoms. The largest absolute Gasteiger partial charge is 0.384 e. The molecule has 0 fully saturated rings. The number of rotatable bonds is 3. The highest BCUT2D eigenvalue weighted by Gasteiger charge is 2.20. The predicted molar refractivity (Wildman–Crippen MR) is 86.5 cm³/mol. The van der Waals surface area contributed by atoms with Gasteiger partial charge in [0, 0.05) is 18.4 Å². The van der Waals surface area contributed by atoms with Crippen molar-refractivity contribution in [3.05, 3.63) is 52.7 Å². The number of benzene rings is 1. The van der Waals surface area contributed by atoms with Gasteiger partial charge in [-0.3, -0.25) is 5.41 Å². The van der Waals surface area contributed by atoms with E-state index in [4.69, 9.17) is 16.1 Å². The lowest BCUT2D eigenvalue weighted by Crippen LogP contribution is -2.21. The molecule has 0 amide bonds. The molecule has 1 aliphatic carbocycles. The van der Waals surface area contributed by atoms with Crippen LogP contribution in [0.15, 0.2) is 30.3 Å². The molecular formula is C17H20N4. The molecule has 0 aliphatic heterocycles. The zero-order chi connectivity index (χ0) is 15.0. The first-order chi connectivity index (χ1) is 10.1. The van der Waals surface area contributed by atoms with E-state index in [0.717, 1.165) is 42.0 Å². The van der Waals surface area contributed by atoms with E-state index >= 15 is 0 Å². The van der Waals surface area contributed by atoms with Crippen molar-refractivity contribution in [3.8, 4) is 0 Å². The number of nitrogens with one attached hydrogen (secondary N) is 1. The van der Waals surface area contributed by atoms with Gasteiger partial charge in [0.05, 0.1) is 5.56 Å². The van der Waals surface area contributed by atoms with Gasteiger partial charge in [0.1, 0.15) is 11.7 Å². The molecule has 1 aromatic heterocycles. The Kier molecular flexibility index (Phi) is 3.37. The minimum atomic E-state index is 0.0757. The molecule has 0 spiro atoms. The summed E-state index contributed by atoms with van der Waals surface area (Å²) in [5, 5.41) is 7.85. The van der Waals surface area contributed by atoms with Gasteiger partial charge in [0.25, 0.3) is 0 Å². The molecule has 0 radical (unpaired) electrons. The summed E-state index contributed by atoms with van der Waals surface area (Å²) in [5.41, 5.74) is 11.1. The van der Waals surface area contributed by atoms with Crippen molar-refractivity contribution < 1.29 is 0 Å². The first kappa shape index (κ1) is 13.6. The number of pyridine rings is 1. The van der Waals surface area contributed by atoms with Crippen LogP contribution in [0.4, 0.5) is 11.5 Å². The molecular weight excluding hydrogens is 260 g/mol. The number of aromatic nitrogens is 1. The third-order valence-corrected chi connectivity index (χ3v) is 4.03. The third-order valence-electron chi connectivity index (χ3n) is 4.03. The van der Waals surface area contributed by atoms with Crippen LogP contribution in [0.1, 0.15) is 28.8 Å². The van der Waals surface area contributed by atoms with Gasteiger partial charge in [-0.2, -0.15) is 0 Å². The van der Waals surface area contributed by atoms with Crippen LogP contribution in [-0.2, 0) is 12.8 Å². The number of hydrogen-bond donors (Lipinski definition) is 2. The monoisotopic (exact) mass is 280 g/mol. The SMILES string of the molecule is Cc1cccc(N(C)c2nc3c(cc2C(=N)N)CCC3)c1. The lowest BCUT2D eigenvalue weighted by molar-refractivity contribution is 0.898. The maximum absolute atomic E-state index is 7.85. The van der Waals surface area contributed by atoms with Crippen molar-refractivity contribution in [2.45, 2.75) is 26.2 Å². The Morgan fingerprint density at radius 3 is 2.81 bits per heavy atom. The van der Waals surface area contributed by atoms with Gasteiger partial charge in [-0.25, -0.2) is 4.98 Å². The van der Waals surface area contributed by atoms with Gasteiger partial charge in [0.2, 0.25) is 0 Å². The van der Waals surface area contributed by atoms with E-state index in [0.29, 0.717) is 0 Å². The van der Waals surface area contributed by atoms with Gasteiger partial charge in [-0.05, 0) is 55.5 Å². The number of nitrogens with two attached hydrogens (primary N) is 1. The molecule has 0 saturated heterocycles. The average Bonchev–Trinajstić information content (AvgIpc) is 2.92. The second kappa shape index (κ2) is 5.20. The normalized spacial score (nSPS) is 13.0. The van der Waals surface area contributed by atoms with E-state index in [1.807, 2.05) is 30.1 Å².